The molecule has 138 valence electrons. The molecule has 1 N–H and O–H groups in total. The zero-order valence-corrected chi connectivity index (χ0v) is 14.9. The number of para-hydroxylation sites is 1. The van der Waals surface area contributed by atoms with Crippen LogP contribution in [0.1, 0.15) is 0 Å². The van der Waals surface area contributed by atoms with Crippen molar-refractivity contribution >= 4 is 23.1 Å². The van der Waals surface area contributed by atoms with Gasteiger partial charge in [-0.05, 0) is 36.4 Å². The number of nitrogens with zero attached hydrogens (tertiary/aromatic N) is 3. The first-order chi connectivity index (χ1) is 12.5. The van der Waals surface area contributed by atoms with Crippen molar-refractivity contribution in [2.24, 2.45) is 0 Å². The van der Waals surface area contributed by atoms with Crippen LogP contribution in [0.25, 0.3) is 0 Å². The third-order valence-corrected chi connectivity index (χ3v) is 4.46. The van der Waals surface area contributed by atoms with Crippen LogP contribution >= 0.6 is 0 Å². The fourth-order valence-corrected chi connectivity index (χ4v) is 2.97. The molecule has 26 heavy (non-hydrogen) atoms. The van der Waals surface area contributed by atoms with Crippen LogP contribution in [-0.4, -0.2) is 51.2 Å². The van der Waals surface area contributed by atoms with Gasteiger partial charge >= 0.3 is 6.03 Å². The molecule has 7 heteroatoms. The molecular weight excluding hydrogens is 338 g/mol. The molecule has 3 rings (SSSR count). The van der Waals surface area contributed by atoms with Crippen LogP contribution in [0.4, 0.5) is 30.6 Å². The highest BCUT2D eigenvalue weighted by Gasteiger charge is 2.24. The van der Waals surface area contributed by atoms with Crippen molar-refractivity contribution < 1.29 is 13.6 Å². The molecule has 0 radical (unpaired) electrons. The SMILES string of the molecule is CN(C)c1ccc(NC(=O)N2CCN(c3c(F)cccc3F)CC2)cc1. The molecule has 0 unspecified atom stereocenters. The van der Waals surface area contributed by atoms with Gasteiger partial charge in [-0.15, -0.1) is 0 Å². The van der Waals surface area contributed by atoms with Gasteiger partial charge in [0.05, 0.1) is 0 Å². The first kappa shape index (κ1) is 18.0. The van der Waals surface area contributed by atoms with E-state index in [2.05, 4.69) is 5.32 Å². The van der Waals surface area contributed by atoms with Crippen molar-refractivity contribution in [3.8, 4) is 0 Å². The molecule has 0 spiro atoms. The monoisotopic (exact) mass is 360 g/mol. The van der Waals surface area contributed by atoms with Gasteiger partial charge in [0.1, 0.15) is 17.3 Å². The lowest BCUT2D eigenvalue weighted by Gasteiger charge is -2.36. The van der Waals surface area contributed by atoms with E-state index in [9.17, 15) is 13.6 Å². The van der Waals surface area contributed by atoms with Crippen LogP contribution in [0.2, 0.25) is 0 Å². The summed E-state index contributed by atoms with van der Waals surface area (Å²) in [7, 11) is 3.90. The summed E-state index contributed by atoms with van der Waals surface area (Å²) >= 11 is 0. The summed E-state index contributed by atoms with van der Waals surface area (Å²) in [6.07, 6.45) is 0. The number of carbonyl (C=O) groups is 1. The Bertz CT molecular complexity index is 751. The minimum Gasteiger partial charge on any atom is -0.378 e. The number of amides is 2. The second kappa shape index (κ2) is 7.59. The van der Waals surface area contributed by atoms with E-state index in [4.69, 9.17) is 0 Å². The predicted octanol–water partition coefficient (Wildman–Crippen LogP) is 3.38. The molecule has 1 heterocycles. The number of hydrogen-bond donors (Lipinski definition) is 1. The summed E-state index contributed by atoms with van der Waals surface area (Å²) in [5.41, 5.74) is 1.73. The number of halogens is 2. The van der Waals surface area contributed by atoms with Crippen molar-refractivity contribution in [2.45, 2.75) is 0 Å². The Kier molecular flexibility index (Phi) is 5.25. The molecule has 1 aliphatic rings. The Labute approximate surface area is 151 Å². The van der Waals surface area contributed by atoms with E-state index in [-0.39, 0.29) is 11.7 Å². The Morgan fingerprint density at radius 2 is 1.54 bits per heavy atom. The summed E-state index contributed by atoms with van der Waals surface area (Å²) in [6, 6.07) is 11.2. The van der Waals surface area contributed by atoms with E-state index in [1.165, 1.54) is 18.2 Å². The molecule has 5 nitrogen and oxygen atoms in total. The Morgan fingerprint density at radius 1 is 0.962 bits per heavy atom. The maximum absolute atomic E-state index is 13.9. The van der Waals surface area contributed by atoms with E-state index in [1.807, 2.05) is 43.3 Å². The number of rotatable bonds is 3. The molecule has 1 aliphatic heterocycles. The summed E-state index contributed by atoms with van der Waals surface area (Å²) in [6.45, 7) is 1.56. The highest BCUT2D eigenvalue weighted by atomic mass is 19.1. The maximum Gasteiger partial charge on any atom is 0.321 e. The largest absolute Gasteiger partial charge is 0.378 e. The topological polar surface area (TPSA) is 38.8 Å². The fourth-order valence-electron chi connectivity index (χ4n) is 2.97. The molecule has 2 amide bonds. The van der Waals surface area contributed by atoms with Gasteiger partial charge in [-0.2, -0.15) is 0 Å². The van der Waals surface area contributed by atoms with Crippen molar-refractivity contribution in [1.82, 2.24) is 4.90 Å². The number of urea groups is 1. The normalized spacial score (nSPS) is 14.3. The molecule has 2 aromatic rings. The molecule has 0 atom stereocenters. The maximum atomic E-state index is 13.9. The quantitative estimate of drug-likeness (QED) is 0.912. The molecule has 1 fully saturated rings. The van der Waals surface area contributed by atoms with E-state index >= 15 is 0 Å². The average Bonchev–Trinajstić information content (AvgIpc) is 2.62. The van der Waals surface area contributed by atoms with Crippen LogP contribution in [0, 0.1) is 11.6 Å². The number of anilines is 3. The first-order valence-corrected chi connectivity index (χ1v) is 8.48. The van der Waals surface area contributed by atoms with Crippen LogP contribution in [0.3, 0.4) is 0 Å². The Hall–Kier alpha value is -2.83. The van der Waals surface area contributed by atoms with Gasteiger partial charge in [0, 0.05) is 51.6 Å². The minimum atomic E-state index is -0.580. The molecule has 2 aromatic carbocycles. The van der Waals surface area contributed by atoms with Crippen LogP contribution in [-0.2, 0) is 0 Å². The number of carbonyl (C=O) groups excluding carboxylic acids is 1. The summed E-state index contributed by atoms with van der Waals surface area (Å²) in [5.74, 6) is -1.16. The molecule has 0 aliphatic carbocycles. The van der Waals surface area contributed by atoms with Crippen LogP contribution in [0.5, 0.6) is 0 Å². The van der Waals surface area contributed by atoms with Crippen LogP contribution < -0.4 is 15.1 Å². The van der Waals surface area contributed by atoms with Gasteiger partial charge in [0.15, 0.2) is 0 Å². The summed E-state index contributed by atoms with van der Waals surface area (Å²) in [5, 5.41) is 2.86. The number of benzene rings is 2. The average molecular weight is 360 g/mol. The lowest BCUT2D eigenvalue weighted by molar-refractivity contribution is 0.208. The minimum absolute atomic E-state index is 0.0215. The highest BCUT2D eigenvalue weighted by molar-refractivity contribution is 5.89. The second-order valence-corrected chi connectivity index (χ2v) is 6.42. The Morgan fingerprint density at radius 3 is 2.08 bits per heavy atom. The van der Waals surface area contributed by atoms with E-state index < -0.39 is 11.6 Å². The highest BCUT2D eigenvalue weighted by Crippen LogP contribution is 2.24. The van der Waals surface area contributed by atoms with E-state index in [0.717, 1.165) is 5.69 Å². The summed E-state index contributed by atoms with van der Waals surface area (Å²) < 4.78 is 27.8. The van der Waals surface area contributed by atoms with Gasteiger partial charge in [-0.3, -0.25) is 0 Å². The third-order valence-electron chi connectivity index (χ3n) is 4.46. The molecule has 0 aromatic heterocycles. The fraction of sp³-hybridized carbons (Fsp3) is 0.316. The molecule has 0 bridgehead atoms. The lowest BCUT2D eigenvalue weighted by atomic mass is 10.2. The smallest absolute Gasteiger partial charge is 0.321 e. The van der Waals surface area contributed by atoms with E-state index in [0.29, 0.717) is 31.9 Å². The third kappa shape index (κ3) is 3.87. The molecule has 0 saturated carbocycles. The predicted molar refractivity (Wildman–Crippen MR) is 99.9 cm³/mol. The van der Waals surface area contributed by atoms with Crippen molar-refractivity contribution in [3.05, 3.63) is 54.1 Å². The van der Waals surface area contributed by atoms with Gasteiger partial charge < -0.3 is 20.0 Å². The number of piperazine rings is 1. The van der Waals surface area contributed by atoms with E-state index in [1.54, 1.807) is 9.80 Å². The summed E-state index contributed by atoms with van der Waals surface area (Å²) in [4.78, 5) is 17.7. The molecular formula is C19H22F2N4O. The standard InChI is InChI=1S/C19H22F2N4O/c1-23(2)15-8-6-14(7-9-15)22-19(26)25-12-10-24(11-13-25)18-16(20)4-3-5-17(18)21/h3-9H,10-13H2,1-2H3,(H,22,26). The number of hydrogen-bond acceptors (Lipinski definition) is 3. The van der Waals surface area contributed by atoms with Crippen molar-refractivity contribution in [3.63, 3.8) is 0 Å². The Balaban J connectivity index is 1.58. The van der Waals surface area contributed by atoms with Gasteiger partial charge in [0.2, 0.25) is 0 Å². The van der Waals surface area contributed by atoms with Gasteiger partial charge in [0.25, 0.3) is 0 Å². The lowest BCUT2D eigenvalue weighted by Crippen LogP contribution is -2.50. The van der Waals surface area contributed by atoms with Gasteiger partial charge in [-0.1, -0.05) is 6.07 Å². The first-order valence-electron chi connectivity index (χ1n) is 8.48. The van der Waals surface area contributed by atoms with Crippen molar-refractivity contribution in [2.75, 3.05) is 55.4 Å². The zero-order valence-electron chi connectivity index (χ0n) is 14.9. The van der Waals surface area contributed by atoms with Gasteiger partial charge in [-0.25, -0.2) is 13.6 Å². The zero-order chi connectivity index (χ0) is 18.7. The second-order valence-electron chi connectivity index (χ2n) is 6.42. The van der Waals surface area contributed by atoms with Crippen LogP contribution in [0.15, 0.2) is 42.5 Å². The van der Waals surface area contributed by atoms with Crippen molar-refractivity contribution in [1.29, 1.82) is 0 Å². The number of nitrogens with one attached hydrogen (secondary N) is 1. The molecule has 1 saturated heterocycles.